The van der Waals surface area contributed by atoms with E-state index in [-0.39, 0.29) is 12.6 Å². The third-order valence-electron chi connectivity index (χ3n) is 2.65. The average molecular weight is 273 g/mol. The normalized spacial score (nSPS) is 10.8. The van der Waals surface area contributed by atoms with Crippen LogP contribution in [0.1, 0.15) is 21.1 Å². The average Bonchev–Trinajstić information content (AvgIpc) is 3.01. The van der Waals surface area contributed by atoms with Crippen molar-refractivity contribution in [1.82, 2.24) is 5.16 Å². The monoisotopic (exact) mass is 273 g/mol. The summed E-state index contributed by atoms with van der Waals surface area (Å²) in [5.41, 5.74) is 0.618. The molecule has 3 aromatic rings. The quantitative estimate of drug-likeness (QED) is 0.685. The van der Waals surface area contributed by atoms with Crippen molar-refractivity contribution in [3.8, 4) is 0 Å². The summed E-state index contributed by atoms with van der Waals surface area (Å²) >= 11 is 1.43. The maximum absolute atomic E-state index is 11.9. The Kier molecular flexibility index (Phi) is 3.05. The number of hydrogen-bond acceptors (Lipinski definition) is 5. The summed E-state index contributed by atoms with van der Waals surface area (Å²) in [5, 5.41) is 4.83. The fraction of sp³-hybridized carbons (Fsp3) is 0.143. The molecule has 0 atom stereocenters. The standard InChI is InChI=1S/C14H11NO3S/c1-9-6-11(15-18-9)8-17-14(16)13-7-10-4-2-3-5-12(10)19-13/h2-7H,8H2,1H3. The summed E-state index contributed by atoms with van der Waals surface area (Å²) in [4.78, 5) is 12.5. The van der Waals surface area contributed by atoms with Crippen molar-refractivity contribution >= 4 is 27.4 Å². The van der Waals surface area contributed by atoms with Gasteiger partial charge in [0, 0.05) is 10.8 Å². The lowest BCUT2D eigenvalue weighted by Gasteiger charge is -1.98. The Morgan fingerprint density at radius 3 is 2.95 bits per heavy atom. The maximum Gasteiger partial charge on any atom is 0.348 e. The third-order valence-corrected chi connectivity index (χ3v) is 3.75. The van der Waals surface area contributed by atoms with Crippen LogP contribution >= 0.6 is 11.3 Å². The second-order valence-corrected chi connectivity index (χ2v) is 5.24. The van der Waals surface area contributed by atoms with E-state index in [0.29, 0.717) is 16.3 Å². The van der Waals surface area contributed by atoms with Gasteiger partial charge in [-0.05, 0) is 24.4 Å². The van der Waals surface area contributed by atoms with E-state index in [2.05, 4.69) is 5.16 Å². The van der Waals surface area contributed by atoms with Crippen LogP contribution in [-0.4, -0.2) is 11.1 Å². The fourth-order valence-electron chi connectivity index (χ4n) is 1.78. The minimum Gasteiger partial charge on any atom is -0.455 e. The minimum absolute atomic E-state index is 0.129. The molecule has 0 aliphatic carbocycles. The SMILES string of the molecule is Cc1cc(COC(=O)c2cc3ccccc3s2)no1. The molecule has 0 radical (unpaired) electrons. The molecule has 96 valence electrons. The van der Waals surface area contributed by atoms with Crippen LogP contribution in [-0.2, 0) is 11.3 Å². The topological polar surface area (TPSA) is 52.3 Å². The van der Waals surface area contributed by atoms with Crippen LogP contribution in [0, 0.1) is 6.92 Å². The van der Waals surface area contributed by atoms with Crippen LogP contribution in [0.15, 0.2) is 40.9 Å². The van der Waals surface area contributed by atoms with E-state index >= 15 is 0 Å². The number of nitrogens with zero attached hydrogens (tertiary/aromatic N) is 1. The molecule has 4 nitrogen and oxygen atoms in total. The zero-order valence-electron chi connectivity index (χ0n) is 10.3. The van der Waals surface area contributed by atoms with Crippen LogP contribution in [0.5, 0.6) is 0 Å². The molecule has 0 aliphatic rings. The Morgan fingerprint density at radius 1 is 1.37 bits per heavy atom. The van der Waals surface area contributed by atoms with Crippen molar-refractivity contribution in [1.29, 1.82) is 0 Å². The third kappa shape index (κ3) is 2.51. The maximum atomic E-state index is 11.9. The predicted octanol–water partition coefficient (Wildman–Crippen LogP) is 3.55. The Hall–Kier alpha value is -2.14. The van der Waals surface area contributed by atoms with Crippen molar-refractivity contribution in [2.45, 2.75) is 13.5 Å². The largest absolute Gasteiger partial charge is 0.455 e. The highest BCUT2D eigenvalue weighted by Crippen LogP contribution is 2.25. The number of fused-ring (bicyclic) bond motifs is 1. The Labute approximate surface area is 113 Å². The molecule has 3 rings (SSSR count). The highest BCUT2D eigenvalue weighted by atomic mass is 32.1. The van der Waals surface area contributed by atoms with E-state index in [0.717, 1.165) is 10.1 Å². The van der Waals surface area contributed by atoms with Gasteiger partial charge >= 0.3 is 5.97 Å². The first-order chi connectivity index (χ1) is 9.22. The predicted molar refractivity (Wildman–Crippen MR) is 72.2 cm³/mol. The van der Waals surface area contributed by atoms with E-state index in [1.807, 2.05) is 30.3 Å². The van der Waals surface area contributed by atoms with Crippen molar-refractivity contribution in [2.75, 3.05) is 0 Å². The number of ether oxygens (including phenoxy) is 1. The Morgan fingerprint density at radius 2 is 2.21 bits per heavy atom. The number of esters is 1. The van der Waals surface area contributed by atoms with Crippen molar-refractivity contribution in [3.05, 3.63) is 52.7 Å². The molecular weight excluding hydrogens is 262 g/mol. The van der Waals surface area contributed by atoms with Gasteiger partial charge in [0.25, 0.3) is 0 Å². The zero-order valence-corrected chi connectivity index (χ0v) is 11.1. The van der Waals surface area contributed by atoms with E-state index in [1.54, 1.807) is 13.0 Å². The lowest BCUT2D eigenvalue weighted by atomic mass is 10.2. The number of thiophene rings is 1. The van der Waals surface area contributed by atoms with Crippen LogP contribution in [0.2, 0.25) is 0 Å². The Balaban J connectivity index is 1.73. The van der Waals surface area contributed by atoms with Gasteiger partial charge in [0.05, 0.1) is 0 Å². The lowest BCUT2D eigenvalue weighted by molar-refractivity contribution is 0.0470. The van der Waals surface area contributed by atoms with Gasteiger partial charge in [-0.2, -0.15) is 0 Å². The molecule has 0 amide bonds. The molecule has 19 heavy (non-hydrogen) atoms. The molecule has 0 N–H and O–H groups in total. The van der Waals surface area contributed by atoms with Gasteiger partial charge in [0.1, 0.15) is 22.9 Å². The molecule has 0 unspecified atom stereocenters. The molecule has 2 heterocycles. The van der Waals surface area contributed by atoms with Gasteiger partial charge in [-0.1, -0.05) is 23.4 Å². The molecule has 0 saturated carbocycles. The van der Waals surface area contributed by atoms with Crippen molar-refractivity contribution in [2.24, 2.45) is 0 Å². The van der Waals surface area contributed by atoms with Gasteiger partial charge in [0.15, 0.2) is 0 Å². The summed E-state index contributed by atoms with van der Waals surface area (Å²) in [6.07, 6.45) is 0. The summed E-state index contributed by atoms with van der Waals surface area (Å²) in [6, 6.07) is 11.4. The van der Waals surface area contributed by atoms with E-state index in [4.69, 9.17) is 9.26 Å². The summed E-state index contributed by atoms with van der Waals surface area (Å²) in [6.45, 7) is 1.93. The summed E-state index contributed by atoms with van der Waals surface area (Å²) in [5.74, 6) is 0.370. The van der Waals surface area contributed by atoms with Crippen LogP contribution < -0.4 is 0 Å². The number of hydrogen-bond donors (Lipinski definition) is 0. The van der Waals surface area contributed by atoms with E-state index < -0.39 is 0 Å². The second kappa shape index (κ2) is 4.85. The van der Waals surface area contributed by atoms with Gasteiger partial charge in [0.2, 0.25) is 0 Å². The molecular formula is C14H11NO3S. The summed E-state index contributed by atoms with van der Waals surface area (Å²) < 4.78 is 11.2. The number of aryl methyl sites for hydroxylation is 1. The second-order valence-electron chi connectivity index (χ2n) is 4.15. The van der Waals surface area contributed by atoms with Crippen LogP contribution in [0.25, 0.3) is 10.1 Å². The molecule has 0 bridgehead atoms. The molecule has 1 aromatic carbocycles. The molecule has 0 fully saturated rings. The van der Waals surface area contributed by atoms with Gasteiger partial charge in [-0.3, -0.25) is 0 Å². The minimum atomic E-state index is -0.332. The van der Waals surface area contributed by atoms with Gasteiger partial charge in [-0.25, -0.2) is 4.79 Å². The highest BCUT2D eigenvalue weighted by Gasteiger charge is 2.12. The number of carbonyl (C=O) groups is 1. The lowest BCUT2D eigenvalue weighted by Crippen LogP contribution is -2.03. The summed E-state index contributed by atoms with van der Waals surface area (Å²) in [7, 11) is 0. The first-order valence-corrected chi connectivity index (χ1v) is 6.62. The van der Waals surface area contributed by atoms with Gasteiger partial charge < -0.3 is 9.26 Å². The number of aromatic nitrogens is 1. The smallest absolute Gasteiger partial charge is 0.348 e. The molecule has 0 saturated heterocycles. The molecule has 5 heteroatoms. The van der Waals surface area contributed by atoms with Crippen molar-refractivity contribution < 1.29 is 14.1 Å². The van der Waals surface area contributed by atoms with E-state index in [9.17, 15) is 4.79 Å². The zero-order chi connectivity index (χ0) is 13.2. The number of rotatable bonds is 3. The van der Waals surface area contributed by atoms with Crippen LogP contribution in [0.3, 0.4) is 0 Å². The number of benzene rings is 1. The first-order valence-electron chi connectivity index (χ1n) is 5.80. The van der Waals surface area contributed by atoms with Gasteiger partial charge in [-0.15, -0.1) is 11.3 Å². The van der Waals surface area contributed by atoms with E-state index in [1.165, 1.54) is 11.3 Å². The highest BCUT2D eigenvalue weighted by molar-refractivity contribution is 7.20. The fourth-order valence-corrected chi connectivity index (χ4v) is 2.74. The number of carbonyl (C=O) groups excluding carboxylic acids is 1. The molecule has 0 aliphatic heterocycles. The molecule has 2 aromatic heterocycles. The first kappa shape index (κ1) is 11.9. The Bertz CT molecular complexity index is 696. The van der Waals surface area contributed by atoms with Crippen LogP contribution in [0.4, 0.5) is 0 Å². The molecule has 0 spiro atoms. The van der Waals surface area contributed by atoms with Crippen molar-refractivity contribution in [3.63, 3.8) is 0 Å².